The van der Waals surface area contributed by atoms with Gasteiger partial charge in [-0.25, -0.2) is 8.78 Å². The van der Waals surface area contributed by atoms with E-state index in [0.717, 1.165) is 6.08 Å². The molecule has 5 nitrogen and oxygen atoms in total. The third kappa shape index (κ3) is 2.19. The lowest BCUT2D eigenvalue weighted by atomic mass is 9.44. The molecule has 0 amide bonds. The van der Waals surface area contributed by atoms with Crippen molar-refractivity contribution in [3.63, 3.8) is 0 Å². The molecule has 3 N–H and O–H groups in total. The van der Waals surface area contributed by atoms with E-state index < -0.39 is 70.3 Å². The van der Waals surface area contributed by atoms with Crippen molar-refractivity contribution in [1.82, 2.24) is 0 Å². The zero-order chi connectivity index (χ0) is 21.6. The van der Waals surface area contributed by atoms with Crippen LogP contribution in [0.1, 0.15) is 40.0 Å². The van der Waals surface area contributed by atoms with Crippen LogP contribution in [0.5, 0.6) is 0 Å². The molecule has 0 bridgehead atoms. The molecule has 3 fully saturated rings. The number of fused-ring (bicyclic) bond motifs is 5. The highest BCUT2D eigenvalue weighted by Gasteiger charge is 2.76. The van der Waals surface area contributed by atoms with Crippen molar-refractivity contribution in [2.45, 2.75) is 63.6 Å². The number of carbonyl (C=O) groups is 2. The molecule has 0 aromatic heterocycles. The van der Waals surface area contributed by atoms with Crippen molar-refractivity contribution in [2.75, 3.05) is 6.61 Å². The first-order valence-corrected chi connectivity index (χ1v) is 10.2. The van der Waals surface area contributed by atoms with Gasteiger partial charge in [0, 0.05) is 16.7 Å². The standard InChI is InChI=1S/C22H28F2O5/c1-11-6-13-14-8-16(23)15-7-12(26)4-5-19(15,2)21(14,24)17(27)9-20(13,3)22(11,29)18(28)10-25/h4-5,7,11,13-14,16-17,25,27,29H,6,8-10H2,1-3H3/t11-,13+,14+,16+,17?,19+,20+,21+,22+/m1/s1. The van der Waals surface area contributed by atoms with Crippen LogP contribution in [0.15, 0.2) is 23.8 Å². The van der Waals surface area contributed by atoms with Gasteiger partial charge >= 0.3 is 0 Å². The van der Waals surface area contributed by atoms with E-state index in [1.165, 1.54) is 19.1 Å². The van der Waals surface area contributed by atoms with E-state index in [9.17, 15) is 24.9 Å². The topological polar surface area (TPSA) is 94.8 Å². The van der Waals surface area contributed by atoms with Gasteiger partial charge in [-0.2, -0.15) is 0 Å². The monoisotopic (exact) mass is 410 g/mol. The minimum absolute atomic E-state index is 0.0409. The van der Waals surface area contributed by atoms with Gasteiger partial charge < -0.3 is 15.3 Å². The first-order chi connectivity index (χ1) is 13.4. The average Bonchev–Trinajstić information content (AvgIpc) is 2.86. The first kappa shape index (κ1) is 20.8. The molecule has 0 aliphatic heterocycles. The Kier molecular flexibility index (Phi) is 4.34. The van der Waals surface area contributed by atoms with E-state index in [1.54, 1.807) is 13.8 Å². The summed E-state index contributed by atoms with van der Waals surface area (Å²) in [4.78, 5) is 24.3. The molecule has 4 aliphatic rings. The zero-order valence-electron chi connectivity index (χ0n) is 16.9. The average molecular weight is 410 g/mol. The number of hydrogen-bond donors (Lipinski definition) is 3. The lowest BCUT2D eigenvalue weighted by molar-refractivity contribution is -0.223. The highest BCUT2D eigenvalue weighted by molar-refractivity contribution is 6.01. The van der Waals surface area contributed by atoms with Crippen LogP contribution in [-0.2, 0) is 9.59 Å². The molecule has 0 heterocycles. The molecule has 4 rings (SSSR count). The van der Waals surface area contributed by atoms with Crippen molar-refractivity contribution < 1.29 is 33.7 Å². The maximum atomic E-state index is 16.9. The second-order valence-corrected chi connectivity index (χ2v) is 9.84. The van der Waals surface area contributed by atoms with Crippen LogP contribution in [0.3, 0.4) is 0 Å². The number of rotatable bonds is 2. The Bertz CT molecular complexity index is 839. The normalized spacial score (nSPS) is 53.7. The quantitative estimate of drug-likeness (QED) is 0.646. The minimum Gasteiger partial charge on any atom is -0.390 e. The number of aliphatic hydroxyl groups excluding tert-OH is 2. The molecule has 0 saturated heterocycles. The summed E-state index contributed by atoms with van der Waals surface area (Å²) in [5.74, 6) is -3.24. The van der Waals surface area contributed by atoms with Gasteiger partial charge in [-0.3, -0.25) is 9.59 Å². The van der Waals surface area contributed by atoms with E-state index >= 15 is 8.78 Å². The lowest BCUT2D eigenvalue weighted by Crippen LogP contribution is -2.70. The Morgan fingerprint density at radius 1 is 1.28 bits per heavy atom. The molecule has 0 radical (unpaired) electrons. The molecule has 0 aromatic rings. The van der Waals surface area contributed by atoms with Crippen LogP contribution in [0.4, 0.5) is 8.78 Å². The maximum absolute atomic E-state index is 16.9. The molecule has 3 saturated carbocycles. The summed E-state index contributed by atoms with van der Waals surface area (Å²) in [5.41, 5.74) is -6.81. The summed E-state index contributed by atoms with van der Waals surface area (Å²) in [6.07, 6.45) is 0.427. The van der Waals surface area contributed by atoms with Crippen LogP contribution in [-0.4, -0.2) is 57.0 Å². The van der Waals surface area contributed by atoms with Crippen molar-refractivity contribution in [2.24, 2.45) is 28.6 Å². The lowest BCUT2D eigenvalue weighted by Gasteiger charge is -2.63. The molecule has 0 aromatic carbocycles. The van der Waals surface area contributed by atoms with E-state index in [-0.39, 0.29) is 24.8 Å². The van der Waals surface area contributed by atoms with Crippen LogP contribution in [0.25, 0.3) is 0 Å². The predicted octanol–water partition coefficient (Wildman–Crippen LogP) is 1.84. The van der Waals surface area contributed by atoms with Crippen molar-refractivity contribution in [3.05, 3.63) is 23.8 Å². The van der Waals surface area contributed by atoms with E-state index in [0.29, 0.717) is 0 Å². The molecule has 1 unspecified atom stereocenters. The number of allylic oxidation sites excluding steroid dienone is 4. The molecule has 4 aliphatic carbocycles. The second-order valence-electron chi connectivity index (χ2n) is 9.84. The molecule has 160 valence electrons. The van der Waals surface area contributed by atoms with Gasteiger partial charge in [0.1, 0.15) is 18.4 Å². The Morgan fingerprint density at radius 3 is 2.55 bits per heavy atom. The fourth-order valence-corrected chi connectivity index (χ4v) is 7.25. The van der Waals surface area contributed by atoms with Crippen molar-refractivity contribution in [1.29, 1.82) is 0 Å². The van der Waals surface area contributed by atoms with Gasteiger partial charge in [-0.05, 0) is 55.7 Å². The van der Waals surface area contributed by atoms with Crippen molar-refractivity contribution >= 4 is 11.6 Å². The van der Waals surface area contributed by atoms with Crippen LogP contribution >= 0.6 is 0 Å². The fourth-order valence-electron chi connectivity index (χ4n) is 7.25. The van der Waals surface area contributed by atoms with Gasteiger partial charge in [0.05, 0.1) is 6.10 Å². The first-order valence-electron chi connectivity index (χ1n) is 10.2. The zero-order valence-corrected chi connectivity index (χ0v) is 16.9. The third-order valence-electron chi connectivity index (χ3n) is 8.78. The van der Waals surface area contributed by atoms with Gasteiger partial charge in [0.15, 0.2) is 17.2 Å². The third-order valence-corrected chi connectivity index (χ3v) is 8.78. The largest absolute Gasteiger partial charge is 0.390 e. The number of carbonyl (C=O) groups excluding carboxylic acids is 2. The van der Waals surface area contributed by atoms with Crippen molar-refractivity contribution in [3.8, 4) is 0 Å². The maximum Gasteiger partial charge on any atom is 0.190 e. The smallest absolute Gasteiger partial charge is 0.190 e. The highest BCUT2D eigenvalue weighted by Crippen LogP contribution is 2.70. The molecule has 29 heavy (non-hydrogen) atoms. The molecule has 9 atom stereocenters. The Morgan fingerprint density at radius 2 is 1.93 bits per heavy atom. The Labute approximate surface area is 168 Å². The summed E-state index contributed by atoms with van der Waals surface area (Å²) in [6, 6.07) is 0. The molecular weight excluding hydrogens is 382 g/mol. The summed E-state index contributed by atoms with van der Waals surface area (Å²) >= 11 is 0. The molecular formula is C22H28F2O5. The fraction of sp³-hybridized carbons (Fsp3) is 0.727. The molecule has 7 heteroatoms. The summed E-state index contributed by atoms with van der Waals surface area (Å²) in [5, 5.41) is 31.9. The summed E-state index contributed by atoms with van der Waals surface area (Å²) < 4.78 is 32.1. The number of Topliss-reactive ketones (excluding diaryl/α,β-unsaturated/α-hetero) is 1. The minimum atomic E-state index is -2.24. The Balaban J connectivity index is 1.87. The SMILES string of the molecule is C[C@@H]1C[C@H]2[C@@H]3C[C@H](F)C4=CC(=O)C=C[C@]4(C)[C@@]3(F)C(O)C[C@]2(C)[C@@]1(O)C(=O)CO. The molecule has 0 spiro atoms. The predicted molar refractivity (Wildman–Crippen MR) is 100 cm³/mol. The van der Waals surface area contributed by atoms with Gasteiger partial charge in [-0.1, -0.05) is 19.9 Å². The van der Waals surface area contributed by atoms with Gasteiger partial charge in [0.2, 0.25) is 0 Å². The number of hydrogen-bond acceptors (Lipinski definition) is 5. The van der Waals surface area contributed by atoms with Crippen LogP contribution in [0, 0.1) is 28.6 Å². The van der Waals surface area contributed by atoms with Gasteiger partial charge in [-0.15, -0.1) is 0 Å². The van der Waals surface area contributed by atoms with Crippen LogP contribution in [0.2, 0.25) is 0 Å². The van der Waals surface area contributed by atoms with E-state index in [1.807, 2.05) is 0 Å². The van der Waals surface area contributed by atoms with Crippen LogP contribution < -0.4 is 0 Å². The van der Waals surface area contributed by atoms with E-state index in [4.69, 9.17) is 0 Å². The number of halogens is 2. The second kappa shape index (κ2) is 6.05. The number of ketones is 2. The Hall–Kier alpha value is -1.44. The summed E-state index contributed by atoms with van der Waals surface area (Å²) in [6.45, 7) is 3.96. The van der Waals surface area contributed by atoms with Gasteiger partial charge in [0.25, 0.3) is 0 Å². The highest BCUT2D eigenvalue weighted by atomic mass is 19.1. The van der Waals surface area contributed by atoms with E-state index in [2.05, 4.69) is 0 Å². The number of alkyl halides is 2. The number of aliphatic hydroxyl groups is 3. The summed E-state index contributed by atoms with van der Waals surface area (Å²) in [7, 11) is 0.